The molecule has 1 aliphatic heterocycles. The van der Waals surface area contributed by atoms with Crippen LogP contribution in [-0.4, -0.2) is 69.5 Å². The van der Waals surface area contributed by atoms with Crippen molar-refractivity contribution < 1.29 is 22.7 Å². The minimum absolute atomic E-state index is 0.0391. The molecule has 0 N–H and O–H groups in total. The molecule has 0 radical (unpaired) electrons. The van der Waals surface area contributed by atoms with E-state index in [1.807, 2.05) is 60.4 Å². The molecule has 1 aliphatic rings. The number of ether oxygens (including phenoxy) is 2. The van der Waals surface area contributed by atoms with Crippen molar-refractivity contribution in [1.29, 1.82) is 0 Å². The summed E-state index contributed by atoms with van der Waals surface area (Å²) in [6, 6.07) is 14.7. The van der Waals surface area contributed by atoms with Gasteiger partial charge in [0.15, 0.2) is 21.3 Å². The van der Waals surface area contributed by atoms with Crippen LogP contribution in [0, 0.1) is 0 Å². The van der Waals surface area contributed by atoms with Crippen LogP contribution in [0.4, 0.5) is 0 Å². The first-order valence-corrected chi connectivity index (χ1v) is 12.2. The lowest BCUT2D eigenvalue weighted by molar-refractivity contribution is -0.137. The molecule has 31 heavy (non-hydrogen) atoms. The van der Waals surface area contributed by atoms with Gasteiger partial charge in [-0.15, -0.1) is 0 Å². The topological polar surface area (TPSA) is 76.2 Å². The Hall–Kier alpha value is -2.58. The summed E-state index contributed by atoms with van der Waals surface area (Å²) < 4.78 is 34.5. The molecule has 1 unspecified atom stereocenters. The Bertz CT molecular complexity index is 980. The van der Waals surface area contributed by atoms with Gasteiger partial charge in [0.2, 0.25) is 5.91 Å². The lowest BCUT2D eigenvalue weighted by atomic mass is 10.0. The third-order valence-electron chi connectivity index (χ3n) is 5.61. The maximum atomic E-state index is 13.7. The molecule has 0 aliphatic carbocycles. The van der Waals surface area contributed by atoms with Crippen molar-refractivity contribution in [1.82, 2.24) is 9.80 Å². The summed E-state index contributed by atoms with van der Waals surface area (Å²) in [7, 11) is 0.131. The van der Waals surface area contributed by atoms with Crippen LogP contribution in [0.15, 0.2) is 48.5 Å². The average Bonchev–Trinajstić information content (AvgIpc) is 2.79. The lowest BCUT2D eigenvalue weighted by Crippen LogP contribution is -2.48. The van der Waals surface area contributed by atoms with Gasteiger partial charge >= 0.3 is 0 Å². The van der Waals surface area contributed by atoms with Gasteiger partial charge in [-0.2, -0.15) is 0 Å². The number of methoxy groups -OCH3 is 2. The van der Waals surface area contributed by atoms with Crippen LogP contribution in [0.5, 0.6) is 11.5 Å². The average molecular weight is 447 g/mol. The summed E-state index contributed by atoms with van der Waals surface area (Å²) in [4.78, 5) is 17.5. The van der Waals surface area contributed by atoms with Crippen LogP contribution < -0.4 is 9.47 Å². The first-order chi connectivity index (χ1) is 14.9. The zero-order chi connectivity index (χ0) is 22.4. The van der Waals surface area contributed by atoms with Gasteiger partial charge in [0, 0.05) is 26.2 Å². The van der Waals surface area contributed by atoms with Gasteiger partial charge in [0.25, 0.3) is 0 Å². The quantitative estimate of drug-likeness (QED) is 0.620. The van der Waals surface area contributed by atoms with Crippen LogP contribution in [0.1, 0.15) is 24.1 Å². The van der Waals surface area contributed by atoms with Crippen LogP contribution in [0.25, 0.3) is 0 Å². The molecule has 0 aromatic heterocycles. The fourth-order valence-electron chi connectivity index (χ4n) is 3.85. The Morgan fingerprint density at radius 2 is 1.68 bits per heavy atom. The molecular formula is C23H30N2O5S. The van der Waals surface area contributed by atoms with Crippen LogP contribution in [0.3, 0.4) is 0 Å². The maximum Gasteiger partial charge on any atom is 0.244 e. The summed E-state index contributed by atoms with van der Waals surface area (Å²) in [6.07, 6.45) is 0. The van der Waals surface area contributed by atoms with E-state index >= 15 is 0 Å². The Labute approximate surface area is 184 Å². The minimum Gasteiger partial charge on any atom is -0.493 e. The molecule has 1 saturated heterocycles. The number of amides is 1. The second-order valence-electron chi connectivity index (χ2n) is 7.54. The molecule has 1 fully saturated rings. The van der Waals surface area contributed by atoms with E-state index in [-0.39, 0.29) is 17.4 Å². The minimum atomic E-state index is -3.04. The highest BCUT2D eigenvalue weighted by Crippen LogP contribution is 2.30. The third-order valence-corrected chi connectivity index (χ3v) is 7.22. The number of nitrogens with zero attached hydrogens (tertiary/aromatic N) is 2. The smallest absolute Gasteiger partial charge is 0.244 e. The number of hydrogen-bond acceptors (Lipinski definition) is 6. The highest BCUT2D eigenvalue weighted by Gasteiger charge is 2.34. The van der Waals surface area contributed by atoms with Gasteiger partial charge in [0.1, 0.15) is 6.04 Å². The molecule has 2 aromatic carbocycles. The van der Waals surface area contributed by atoms with Gasteiger partial charge in [-0.1, -0.05) is 36.4 Å². The first-order valence-electron chi connectivity index (χ1n) is 10.4. The van der Waals surface area contributed by atoms with E-state index in [1.165, 1.54) is 0 Å². The summed E-state index contributed by atoms with van der Waals surface area (Å²) in [5.74, 6) is 1.36. The normalized spacial score (nSPS) is 17.0. The SMILES string of the molecule is CCN(Cc1ccc(OC)c(OC)c1)C(=O)C(c1ccccc1)N1CCS(=O)(=O)CC1. The van der Waals surface area contributed by atoms with E-state index in [0.29, 0.717) is 37.7 Å². The van der Waals surface area contributed by atoms with E-state index in [4.69, 9.17) is 9.47 Å². The highest BCUT2D eigenvalue weighted by atomic mass is 32.2. The number of sulfone groups is 1. The first kappa shape index (κ1) is 23.1. The summed E-state index contributed by atoms with van der Waals surface area (Å²) >= 11 is 0. The van der Waals surface area contributed by atoms with E-state index in [1.54, 1.807) is 19.1 Å². The van der Waals surface area contributed by atoms with E-state index < -0.39 is 15.9 Å². The Balaban J connectivity index is 1.86. The molecule has 0 spiro atoms. The largest absolute Gasteiger partial charge is 0.493 e. The van der Waals surface area contributed by atoms with Crippen molar-refractivity contribution >= 4 is 15.7 Å². The second kappa shape index (κ2) is 10.2. The fraction of sp³-hybridized carbons (Fsp3) is 0.435. The molecule has 7 nitrogen and oxygen atoms in total. The highest BCUT2D eigenvalue weighted by molar-refractivity contribution is 7.91. The molecule has 1 atom stereocenters. The Kier molecular flexibility index (Phi) is 7.56. The molecule has 0 bridgehead atoms. The monoisotopic (exact) mass is 446 g/mol. The molecule has 1 heterocycles. The zero-order valence-electron chi connectivity index (χ0n) is 18.3. The fourth-order valence-corrected chi connectivity index (χ4v) is 5.08. The lowest BCUT2D eigenvalue weighted by Gasteiger charge is -2.36. The number of benzene rings is 2. The van der Waals surface area contributed by atoms with Gasteiger partial charge in [0.05, 0.1) is 25.7 Å². The van der Waals surface area contributed by atoms with Crippen molar-refractivity contribution in [3.63, 3.8) is 0 Å². The Morgan fingerprint density at radius 1 is 1.03 bits per heavy atom. The van der Waals surface area contributed by atoms with Crippen LogP contribution in [-0.2, 0) is 21.2 Å². The predicted molar refractivity (Wildman–Crippen MR) is 120 cm³/mol. The molecule has 8 heteroatoms. The van der Waals surface area contributed by atoms with Gasteiger partial charge in [-0.3, -0.25) is 9.69 Å². The van der Waals surface area contributed by atoms with Crippen molar-refractivity contribution in [3.8, 4) is 11.5 Å². The molecule has 0 saturated carbocycles. The van der Waals surface area contributed by atoms with E-state index in [2.05, 4.69) is 0 Å². The van der Waals surface area contributed by atoms with E-state index in [9.17, 15) is 13.2 Å². The number of carbonyl (C=O) groups is 1. The summed E-state index contributed by atoms with van der Waals surface area (Å²) in [5, 5.41) is 0. The molecular weight excluding hydrogens is 416 g/mol. The summed E-state index contributed by atoms with van der Waals surface area (Å²) in [6.45, 7) is 3.60. The predicted octanol–water partition coefficient (Wildman–Crippen LogP) is 2.52. The molecule has 168 valence electrons. The molecule has 3 rings (SSSR count). The van der Waals surface area contributed by atoms with Crippen LogP contribution >= 0.6 is 0 Å². The van der Waals surface area contributed by atoms with Crippen LogP contribution in [0.2, 0.25) is 0 Å². The maximum absolute atomic E-state index is 13.7. The van der Waals surface area contributed by atoms with Gasteiger partial charge in [-0.25, -0.2) is 8.42 Å². The second-order valence-corrected chi connectivity index (χ2v) is 9.85. The zero-order valence-corrected chi connectivity index (χ0v) is 19.1. The van der Waals surface area contributed by atoms with Crippen molar-refractivity contribution in [2.24, 2.45) is 0 Å². The van der Waals surface area contributed by atoms with Crippen molar-refractivity contribution in [3.05, 3.63) is 59.7 Å². The molecule has 1 amide bonds. The molecule has 2 aromatic rings. The third kappa shape index (κ3) is 5.57. The number of likely N-dealkylation sites (N-methyl/N-ethyl adjacent to an activating group) is 1. The van der Waals surface area contributed by atoms with Gasteiger partial charge < -0.3 is 14.4 Å². The van der Waals surface area contributed by atoms with E-state index in [0.717, 1.165) is 11.1 Å². The van der Waals surface area contributed by atoms with Crippen molar-refractivity contribution in [2.75, 3.05) is 45.4 Å². The number of hydrogen-bond donors (Lipinski definition) is 0. The van der Waals surface area contributed by atoms with Gasteiger partial charge in [-0.05, 0) is 30.2 Å². The Morgan fingerprint density at radius 3 is 2.26 bits per heavy atom. The number of rotatable bonds is 8. The summed E-state index contributed by atoms with van der Waals surface area (Å²) in [5.41, 5.74) is 1.80. The van der Waals surface area contributed by atoms with Crippen molar-refractivity contribution in [2.45, 2.75) is 19.5 Å². The standard InChI is InChI=1S/C23H30N2O5S/c1-4-24(17-18-10-11-20(29-2)21(16-18)30-3)23(26)22(19-8-6-5-7-9-19)25-12-14-31(27,28)15-13-25/h5-11,16,22H,4,12-15,17H2,1-3H3. The number of carbonyl (C=O) groups excluding carboxylic acids is 1.